The van der Waals surface area contributed by atoms with E-state index in [-0.39, 0.29) is 11.8 Å². The summed E-state index contributed by atoms with van der Waals surface area (Å²) in [7, 11) is -3.35. The third-order valence-corrected chi connectivity index (χ3v) is 7.39. The molecule has 1 heterocycles. The van der Waals surface area contributed by atoms with Crippen LogP contribution in [0.1, 0.15) is 58.1 Å². The van der Waals surface area contributed by atoms with Crippen LogP contribution in [0.4, 0.5) is 8.78 Å². The van der Waals surface area contributed by atoms with Crippen molar-refractivity contribution in [1.82, 2.24) is 9.71 Å². The molecule has 0 bridgehead atoms. The fourth-order valence-corrected chi connectivity index (χ4v) is 4.48. The zero-order valence-corrected chi connectivity index (χ0v) is 16.6. The lowest BCUT2D eigenvalue weighted by Crippen LogP contribution is -2.45. The summed E-state index contributed by atoms with van der Waals surface area (Å²) >= 11 is 0. The average Bonchev–Trinajstić information content (AvgIpc) is 2.96. The molecule has 8 heteroatoms. The minimum Gasteiger partial charge on any atom is -0.435 e. The molecule has 3 rings (SSSR count). The predicted octanol–water partition coefficient (Wildman–Crippen LogP) is 4.51. The van der Waals surface area contributed by atoms with Gasteiger partial charge in [-0.25, -0.2) is 13.1 Å². The molecule has 1 aromatic heterocycles. The number of benzene rings is 1. The van der Waals surface area contributed by atoms with Crippen LogP contribution in [0.5, 0.6) is 5.75 Å². The second kappa shape index (κ2) is 7.39. The van der Waals surface area contributed by atoms with E-state index >= 15 is 0 Å². The Morgan fingerprint density at radius 2 is 1.81 bits per heavy atom. The van der Waals surface area contributed by atoms with E-state index in [1.165, 1.54) is 6.07 Å². The molecule has 1 saturated carbocycles. The Labute approximate surface area is 158 Å². The van der Waals surface area contributed by atoms with Gasteiger partial charge >= 0.3 is 6.61 Å². The van der Waals surface area contributed by atoms with Crippen LogP contribution in [0.15, 0.2) is 24.3 Å². The summed E-state index contributed by atoms with van der Waals surface area (Å²) in [6, 6.07) is 6.79. The Bertz CT molecular complexity index is 895. The minimum atomic E-state index is -3.35. The lowest BCUT2D eigenvalue weighted by molar-refractivity contribution is -0.0497. The molecule has 150 valence electrons. The van der Waals surface area contributed by atoms with E-state index in [1.807, 2.05) is 6.07 Å². The summed E-state index contributed by atoms with van der Waals surface area (Å²) in [5.74, 6) is 0.440. The van der Waals surface area contributed by atoms with Crippen LogP contribution in [0.3, 0.4) is 0 Å². The van der Waals surface area contributed by atoms with Crippen molar-refractivity contribution in [2.75, 3.05) is 0 Å². The predicted molar refractivity (Wildman–Crippen MR) is 102 cm³/mol. The van der Waals surface area contributed by atoms with Crippen molar-refractivity contribution in [2.45, 2.75) is 69.8 Å². The number of sulfonamides is 1. The van der Waals surface area contributed by atoms with Crippen molar-refractivity contribution in [1.29, 1.82) is 0 Å². The van der Waals surface area contributed by atoms with Gasteiger partial charge in [-0.3, -0.25) is 0 Å². The first-order chi connectivity index (χ1) is 12.5. The van der Waals surface area contributed by atoms with Gasteiger partial charge in [-0.2, -0.15) is 8.78 Å². The molecule has 5 nitrogen and oxygen atoms in total. The zero-order valence-electron chi connectivity index (χ0n) is 15.8. The van der Waals surface area contributed by atoms with Gasteiger partial charge in [0.15, 0.2) is 0 Å². The van der Waals surface area contributed by atoms with Crippen LogP contribution in [-0.4, -0.2) is 30.8 Å². The molecule has 27 heavy (non-hydrogen) atoms. The Morgan fingerprint density at radius 3 is 2.41 bits per heavy atom. The standard InChI is InChI=1S/C19H26F2N2O3S/c1-19(2,3)27(24,25)23-14-6-4-12(5-7-14)17-11-13-10-15(26-18(20)21)8-9-16(13)22-17/h8-12,14,18,22-23H,4-7H2,1-3H3. The quantitative estimate of drug-likeness (QED) is 0.776. The molecule has 0 spiro atoms. The number of aromatic amines is 1. The molecule has 0 atom stereocenters. The molecule has 0 aliphatic heterocycles. The fraction of sp³-hybridized carbons (Fsp3) is 0.579. The van der Waals surface area contributed by atoms with Crippen molar-refractivity contribution in [3.63, 3.8) is 0 Å². The summed E-state index contributed by atoms with van der Waals surface area (Å²) in [6.07, 6.45) is 3.28. The first kappa shape index (κ1) is 20.1. The number of rotatable bonds is 5. The maximum absolute atomic E-state index is 12.4. The number of H-pyrrole nitrogens is 1. The molecule has 1 fully saturated rings. The Balaban J connectivity index is 1.66. The summed E-state index contributed by atoms with van der Waals surface area (Å²) in [5.41, 5.74) is 1.93. The fourth-order valence-electron chi connectivity index (χ4n) is 3.45. The van der Waals surface area contributed by atoms with E-state index in [0.29, 0.717) is 5.92 Å². The molecule has 2 N–H and O–H groups in total. The number of fused-ring (bicyclic) bond motifs is 1. The van der Waals surface area contributed by atoms with E-state index in [4.69, 9.17) is 0 Å². The van der Waals surface area contributed by atoms with Crippen LogP contribution in [0.25, 0.3) is 10.9 Å². The number of halogens is 2. The first-order valence-electron chi connectivity index (χ1n) is 9.14. The molecule has 1 aliphatic rings. The Kier molecular flexibility index (Phi) is 5.49. The summed E-state index contributed by atoms with van der Waals surface area (Å²) < 4.78 is 55.8. The number of hydrogen-bond acceptors (Lipinski definition) is 3. The van der Waals surface area contributed by atoms with Crippen LogP contribution in [0.2, 0.25) is 0 Å². The van der Waals surface area contributed by atoms with Crippen LogP contribution in [0, 0.1) is 0 Å². The molecule has 0 saturated heterocycles. The molecule has 1 aliphatic carbocycles. The highest BCUT2D eigenvalue weighted by atomic mass is 32.2. The van der Waals surface area contributed by atoms with E-state index in [9.17, 15) is 17.2 Å². The SMILES string of the molecule is CC(C)(C)S(=O)(=O)NC1CCC(c2cc3cc(OC(F)F)ccc3[nH]2)CC1. The van der Waals surface area contributed by atoms with Gasteiger partial charge in [-0.15, -0.1) is 0 Å². The van der Waals surface area contributed by atoms with Gasteiger partial charge in [0.1, 0.15) is 5.75 Å². The second-order valence-electron chi connectivity index (χ2n) is 8.13. The van der Waals surface area contributed by atoms with Crippen molar-refractivity contribution < 1.29 is 21.9 Å². The smallest absolute Gasteiger partial charge is 0.387 e. The second-order valence-corrected chi connectivity index (χ2v) is 10.6. The minimum absolute atomic E-state index is 0.0408. The molecule has 2 aromatic rings. The number of alkyl halides is 2. The van der Waals surface area contributed by atoms with E-state index < -0.39 is 21.4 Å². The molecule has 0 radical (unpaired) electrons. The van der Waals surface area contributed by atoms with E-state index in [2.05, 4.69) is 14.4 Å². The normalized spacial score (nSPS) is 21.7. The van der Waals surface area contributed by atoms with Crippen molar-refractivity contribution in [3.8, 4) is 5.75 Å². The highest BCUT2D eigenvalue weighted by Gasteiger charge is 2.33. The highest BCUT2D eigenvalue weighted by Crippen LogP contribution is 2.35. The molecule has 1 aromatic carbocycles. The summed E-state index contributed by atoms with van der Waals surface area (Å²) in [5, 5.41) is 0.832. The molecular formula is C19H26F2N2O3S. The maximum Gasteiger partial charge on any atom is 0.387 e. The molecule has 0 unspecified atom stereocenters. The number of ether oxygens (including phenoxy) is 1. The third kappa shape index (κ3) is 4.60. The lowest BCUT2D eigenvalue weighted by Gasteiger charge is -2.31. The average molecular weight is 400 g/mol. The molecule has 0 amide bonds. The van der Waals surface area contributed by atoms with E-state index in [0.717, 1.165) is 42.3 Å². The lowest BCUT2D eigenvalue weighted by atomic mass is 9.84. The van der Waals surface area contributed by atoms with Crippen LogP contribution in [-0.2, 0) is 10.0 Å². The van der Waals surface area contributed by atoms with Crippen LogP contribution >= 0.6 is 0 Å². The van der Waals surface area contributed by atoms with Gasteiger partial charge in [-0.05, 0) is 76.6 Å². The van der Waals surface area contributed by atoms with Gasteiger partial charge in [-0.1, -0.05) is 0 Å². The van der Waals surface area contributed by atoms with Gasteiger partial charge in [0.05, 0.1) is 4.75 Å². The maximum atomic E-state index is 12.4. The van der Waals surface area contributed by atoms with Crippen molar-refractivity contribution in [2.24, 2.45) is 0 Å². The number of hydrogen-bond donors (Lipinski definition) is 2. The number of aromatic nitrogens is 1. The highest BCUT2D eigenvalue weighted by molar-refractivity contribution is 7.90. The number of nitrogens with one attached hydrogen (secondary N) is 2. The topological polar surface area (TPSA) is 71.2 Å². The third-order valence-electron chi connectivity index (χ3n) is 5.13. The summed E-state index contributed by atoms with van der Waals surface area (Å²) in [4.78, 5) is 3.35. The Hall–Kier alpha value is -1.67. The summed E-state index contributed by atoms with van der Waals surface area (Å²) in [6.45, 7) is 2.24. The van der Waals surface area contributed by atoms with Gasteiger partial charge in [0.2, 0.25) is 10.0 Å². The monoisotopic (exact) mass is 400 g/mol. The molecular weight excluding hydrogens is 374 g/mol. The van der Waals surface area contributed by atoms with Gasteiger partial charge < -0.3 is 9.72 Å². The van der Waals surface area contributed by atoms with E-state index in [1.54, 1.807) is 32.9 Å². The van der Waals surface area contributed by atoms with Crippen molar-refractivity contribution >= 4 is 20.9 Å². The first-order valence-corrected chi connectivity index (χ1v) is 10.6. The van der Waals surface area contributed by atoms with Gasteiger partial charge in [0.25, 0.3) is 0 Å². The van der Waals surface area contributed by atoms with Crippen molar-refractivity contribution in [3.05, 3.63) is 30.0 Å². The Morgan fingerprint density at radius 1 is 1.15 bits per heavy atom. The van der Waals surface area contributed by atoms with Gasteiger partial charge in [0, 0.05) is 22.6 Å². The van der Waals surface area contributed by atoms with Crippen LogP contribution < -0.4 is 9.46 Å². The largest absolute Gasteiger partial charge is 0.435 e. The zero-order chi connectivity index (χ0) is 19.8.